The van der Waals surface area contributed by atoms with Crippen molar-refractivity contribution in [1.82, 2.24) is 19.9 Å². The summed E-state index contributed by atoms with van der Waals surface area (Å²) in [6.07, 6.45) is 0.536. The summed E-state index contributed by atoms with van der Waals surface area (Å²) < 4.78 is 5.30. The Labute approximate surface area is 162 Å². The molecular weight excluding hydrogens is 344 g/mol. The van der Waals surface area contributed by atoms with Gasteiger partial charge in [-0.05, 0) is 20.0 Å². The Bertz CT molecular complexity index is 651. The molecule has 7 heteroatoms. The van der Waals surface area contributed by atoms with Crippen LogP contribution >= 0.6 is 0 Å². The van der Waals surface area contributed by atoms with Gasteiger partial charge in [0.15, 0.2) is 0 Å². The number of piperazine rings is 1. The average Bonchev–Trinajstić information content (AvgIpc) is 3.03. The Kier molecular flexibility index (Phi) is 7.03. The number of rotatable bonds is 6. The van der Waals surface area contributed by atoms with E-state index in [-0.39, 0.29) is 17.2 Å². The topological polar surface area (TPSA) is 69.9 Å². The summed E-state index contributed by atoms with van der Waals surface area (Å²) in [5.41, 5.74) is 1.01. The Balaban J connectivity index is 1.95. The summed E-state index contributed by atoms with van der Waals surface area (Å²) >= 11 is 0. The monoisotopic (exact) mass is 378 g/mol. The van der Waals surface area contributed by atoms with E-state index in [2.05, 4.69) is 23.9 Å². The summed E-state index contributed by atoms with van der Waals surface area (Å²) in [6.45, 7) is 17.0. The number of carbonyl (C=O) groups excluding carboxylic acids is 2. The minimum Gasteiger partial charge on any atom is -0.361 e. The molecule has 1 fully saturated rings. The summed E-state index contributed by atoms with van der Waals surface area (Å²) in [4.78, 5) is 31.4. The van der Waals surface area contributed by atoms with Crippen LogP contribution in [-0.4, -0.2) is 77.5 Å². The van der Waals surface area contributed by atoms with Crippen LogP contribution in [0.5, 0.6) is 0 Å². The fourth-order valence-electron chi connectivity index (χ4n) is 3.40. The number of aryl methyl sites for hydroxylation is 1. The molecule has 0 radical (unpaired) electrons. The summed E-state index contributed by atoms with van der Waals surface area (Å²) in [5.74, 6) is 0.683. The molecule has 2 rings (SSSR count). The highest BCUT2D eigenvalue weighted by Gasteiger charge is 2.33. The molecule has 0 N–H and O–H groups in total. The Morgan fingerprint density at radius 2 is 1.63 bits per heavy atom. The SMILES string of the molecule is CCN(CC)CCC(=O)N1CCN(C(=O)c2c(C(C)(C)C)noc2C)CC1. The van der Waals surface area contributed by atoms with E-state index in [1.807, 2.05) is 30.6 Å². The summed E-state index contributed by atoms with van der Waals surface area (Å²) in [6, 6.07) is 0. The van der Waals surface area contributed by atoms with Gasteiger partial charge in [0.25, 0.3) is 5.91 Å². The van der Waals surface area contributed by atoms with Gasteiger partial charge in [-0.1, -0.05) is 39.8 Å². The van der Waals surface area contributed by atoms with Crippen LogP contribution < -0.4 is 0 Å². The first-order valence-electron chi connectivity index (χ1n) is 9.95. The van der Waals surface area contributed by atoms with Crippen molar-refractivity contribution in [3.05, 3.63) is 17.0 Å². The molecule has 27 heavy (non-hydrogen) atoms. The van der Waals surface area contributed by atoms with Crippen molar-refractivity contribution in [3.8, 4) is 0 Å². The van der Waals surface area contributed by atoms with Crippen molar-refractivity contribution in [1.29, 1.82) is 0 Å². The first-order chi connectivity index (χ1) is 12.7. The van der Waals surface area contributed by atoms with Crippen LogP contribution in [0.15, 0.2) is 4.52 Å². The van der Waals surface area contributed by atoms with Crippen molar-refractivity contribution in [2.24, 2.45) is 0 Å². The van der Waals surface area contributed by atoms with Crippen molar-refractivity contribution >= 4 is 11.8 Å². The lowest BCUT2D eigenvalue weighted by Crippen LogP contribution is -2.51. The molecule has 0 spiro atoms. The molecule has 0 aliphatic carbocycles. The largest absolute Gasteiger partial charge is 0.361 e. The maximum absolute atomic E-state index is 13.0. The maximum Gasteiger partial charge on any atom is 0.259 e. The van der Waals surface area contributed by atoms with Crippen molar-refractivity contribution in [3.63, 3.8) is 0 Å². The van der Waals surface area contributed by atoms with Gasteiger partial charge in [0.05, 0.1) is 0 Å². The zero-order valence-electron chi connectivity index (χ0n) is 17.7. The molecule has 152 valence electrons. The van der Waals surface area contributed by atoms with Crippen LogP contribution in [0.25, 0.3) is 0 Å². The minimum absolute atomic E-state index is 0.0473. The zero-order chi connectivity index (χ0) is 20.2. The lowest BCUT2D eigenvalue weighted by molar-refractivity contribution is -0.133. The average molecular weight is 379 g/mol. The second kappa shape index (κ2) is 8.87. The standard InChI is InChI=1S/C20H34N4O3/c1-7-22(8-2)10-9-16(25)23-11-13-24(14-12-23)19(26)17-15(3)27-21-18(17)20(4,5)6/h7-14H2,1-6H3. The molecule has 0 bridgehead atoms. The molecule has 0 saturated carbocycles. The highest BCUT2D eigenvalue weighted by Crippen LogP contribution is 2.28. The first kappa shape index (κ1) is 21.4. The van der Waals surface area contributed by atoms with E-state index >= 15 is 0 Å². The predicted octanol–water partition coefficient (Wildman–Crippen LogP) is 2.30. The van der Waals surface area contributed by atoms with Gasteiger partial charge in [0.1, 0.15) is 17.0 Å². The van der Waals surface area contributed by atoms with E-state index in [9.17, 15) is 9.59 Å². The van der Waals surface area contributed by atoms with E-state index in [4.69, 9.17) is 4.52 Å². The molecule has 2 amide bonds. The lowest BCUT2D eigenvalue weighted by atomic mass is 9.88. The third-order valence-electron chi connectivity index (χ3n) is 5.24. The Morgan fingerprint density at radius 1 is 1.07 bits per heavy atom. The van der Waals surface area contributed by atoms with Crippen LogP contribution in [0.2, 0.25) is 0 Å². The molecular formula is C20H34N4O3. The van der Waals surface area contributed by atoms with E-state index < -0.39 is 0 Å². The van der Waals surface area contributed by atoms with Crippen LogP contribution in [-0.2, 0) is 10.2 Å². The summed E-state index contributed by atoms with van der Waals surface area (Å²) in [5, 5.41) is 4.11. The molecule has 1 aromatic rings. The fraction of sp³-hybridized carbons (Fsp3) is 0.750. The number of amides is 2. The molecule has 0 atom stereocenters. The van der Waals surface area contributed by atoms with E-state index in [1.54, 1.807) is 6.92 Å². The number of hydrogen-bond donors (Lipinski definition) is 0. The van der Waals surface area contributed by atoms with Gasteiger partial charge in [-0.3, -0.25) is 9.59 Å². The van der Waals surface area contributed by atoms with Gasteiger partial charge in [-0.15, -0.1) is 0 Å². The van der Waals surface area contributed by atoms with Crippen LogP contribution in [0.4, 0.5) is 0 Å². The van der Waals surface area contributed by atoms with Crippen LogP contribution in [0, 0.1) is 6.92 Å². The molecule has 0 unspecified atom stereocenters. The second-order valence-electron chi connectivity index (χ2n) is 8.16. The molecule has 0 aromatic carbocycles. The fourth-order valence-corrected chi connectivity index (χ4v) is 3.40. The summed E-state index contributed by atoms with van der Waals surface area (Å²) in [7, 11) is 0. The molecule has 7 nitrogen and oxygen atoms in total. The number of carbonyl (C=O) groups is 2. The van der Waals surface area contributed by atoms with Crippen molar-refractivity contribution in [2.45, 2.75) is 53.4 Å². The van der Waals surface area contributed by atoms with Gasteiger partial charge in [0, 0.05) is 44.6 Å². The smallest absolute Gasteiger partial charge is 0.259 e. The number of aromatic nitrogens is 1. The van der Waals surface area contributed by atoms with Crippen molar-refractivity contribution in [2.75, 3.05) is 45.8 Å². The van der Waals surface area contributed by atoms with E-state index in [0.29, 0.717) is 49.6 Å². The molecule has 1 saturated heterocycles. The highest BCUT2D eigenvalue weighted by molar-refractivity contribution is 5.96. The second-order valence-corrected chi connectivity index (χ2v) is 8.16. The van der Waals surface area contributed by atoms with Gasteiger partial charge in [-0.2, -0.15) is 0 Å². The van der Waals surface area contributed by atoms with Gasteiger partial charge >= 0.3 is 0 Å². The van der Waals surface area contributed by atoms with E-state index in [0.717, 1.165) is 19.6 Å². The van der Waals surface area contributed by atoms with Gasteiger partial charge in [-0.25, -0.2) is 0 Å². The number of nitrogens with zero attached hydrogens (tertiary/aromatic N) is 4. The molecule has 1 aliphatic rings. The van der Waals surface area contributed by atoms with Crippen LogP contribution in [0.3, 0.4) is 0 Å². The van der Waals surface area contributed by atoms with Gasteiger partial charge in [0.2, 0.25) is 5.91 Å². The normalized spacial score (nSPS) is 15.5. The maximum atomic E-state index is 13.0. The quantitative estimate of drug-likeness (QED) is 0.760. The van der Waals surface area contributed by atoms with Gasteiger partial charge < -0.3 is 19.2 Å². The minimum atomic E-state index is -0.259. The van der Waals surface area contributed by atoms with Crippen molar-refractivity contribution < 1.29 is 14.1 Å². The highest BCUT2D eigenvalue weighted by atomic mass is 16.5. The Hall–Kier alpha value is -1.89. The lowest BCUT2D eigenvalue weighted by Gasteiger charge is -2.35. The molecule has 2 heterocycles. The Morgan fingerprint density at radius 3 is 2.15 bits per heavy atom. The number of hydrogen-bond acceptors (Lipinski definition) is 5. The van der Waals surface area contributed by atoms with E-state index in [1.165, 1.54) is 0 Å². The molecule has 1 aliphatic heterocycles. The molecule has 1 aromatic heterocycles. The third-order valence-corrected chi connectivity index (χ3v) is 5.24. The predicted molar refractivity (Wildman–Crippen MR) is 105 cm³/mol. The first-order valence-corrected chi connectivity index (χ1v) is 9.95. The zero-order valence-corrected chi connectivity index (χ0v) is 17.7. The van der Waals surface area contributed by atoms with Crippen LogP contribution in [0.1, 0.15) is 62.9 Å². The third kappa shape index (κ3) is 5.09.